The summed E-state index contributed by atoms with van der Waals surface area (Å²) < 4.78 is 53.2. The monoisotopic (exact) mass is 336 g/mol. The number of carbonyl (C=O) groups excluding carboxylic acids is 2. The molecule has 2 saturated carbocycles. The molecule has 130 valence electrons. The Labute approximate surface area is 131 Å². The van der Waals surface area contributed by atoms with Crippen LogP contribution in [0, 0.1) is 11.3 Å². The van der Waals surface area contributed by atoms with Crippen LogP contribution in [0.2, 0.25) is 0 Å². The second-order valence-electron chi connectivity index (χ2n) is 7.12. The smallest absolute Gasteiger partial charge is 0.250 e. The molecule has 0 unspecified atom stereocenters. The number of halogens is 4. The van der Waals surface area contributed by atoms with Gasteiger partial charge in [0.05, 0.1) is 12.0 Å². The molecule has 2 amide bonds. The van der Waals surface area contributed by atoms with E-state index in [0.29, 0.717) is 12.5 Å². The highest BCUT2D eigenvalue weighted by molar-refractivity contribution is 5.91. The molecule has 4 nitrogen and oxygen atoms in total. The summed E-state index contributed by atoms with van der Waals surface area (Å²) in [5.41, 5.74) is -1.80. The molecule has 23 heavy (non-hydrogen) atoms. The molecule has 1 saturated heterocycles. The van der Waals surface area contributed by atoms with Crippen LogP contribution in [0.4, 0.5) is 17.6 Å². The third-order valence-electron chi connectivity index (χ3n) is 4.98. The van der Waals surface area contributed by atoms with Gasteiger partial charge in [0.15, 0.2) is 0 Å². The van der Waals surface area contributed by atoms with Crippen LogP contribution in [0.15, 0.2) is 0 Å². The fourth-order valence-electron chi connectivity index (χ4n) is 3.49. The molecular weight excluding hydrogens is 316 g/mol. The van der Waals surface area contributed by atoms with Crippen molar-refractivity contribution in [2.75, 3.05) is 19.8 Å². The van der Waals surface area contributed by atoms with E-state index in [2.05, 4.69) is 5.32 Å². The first-order valence-corrected chi connectivity index (χ1v) is 7.93. The lowest BCUT2D eigenvalue weighted by atomic mass is 9.66. The molecule has 1 aliphatic heterocycles. The quantitative estimate of drug-likeness (QED) is 0.779. The van der Waals surface area contributed by atoms with Crippen LogP contribution in [-0.4, -0.2) is 54.6 Å². The van der Waals surface area contributed by atoms with Crippen molar-refractivity contribution < 1.29 is 27.2 Å². The normalized spacial score (nSPS) is 31.6. The van der Waals surface area contributed by atoms with E-state index in [0.717, 1.165) is 17.7 Å². The maximum absolute atomic E-state index is 13.7. The predicted molar refractivity (Wildman–Crippen MR) is 73.3 cm³/mol. The van der Waals surface area contributed by atoms with Gasteiger partial charge in [-0.15, -0.1) is 0 Å². The zero-order valence-electron chi connectivity index (χ0n) is 12.7. The van der Waals surface area contributed by atoms with E-state index in [9.17, 15) is 27.2 Å². The number of hydrogen-bond donors (Lipinski definition) is 1. The van der Waals surface area contributed by atoms with Crippen molar-refractivity contribution in [3.8, 4) is 0 Å². The van der Waals surface area contributed by atoms with Gasteiger partial charge in [-0.05, 0) is 18.8 Å². The van der Waals surface area contributed by atoms with Crippen molar-refractivity contribution in [3.63, 3.8) is 0 Å². The Morgan fingerprint density at radius 3 is 2.39 bits per heavy atom. The Bertz CT molecular complexity index is 502. The molecule has 3 fully saturated rings. The fraction of sp³-hybridized carbons (Fsp3) is 0.867. The minimum Gasteiger partial charge on any atom is -0.354 e. The molecule has 0 bridgehead atoms. The SMILES string of the molecule is O=C(NCC1CC1)[C@@H]1C[C@@H](F)CN1C(=O)C1(CF)CC(F)(F)C1. The van der Waals surface area contributed by atoms with Crippen LogP contribution in [0.25, 0.3) is 0 Å². The second kappa shape index (κ2) is 5.63. The number of rotatable bonds is 5. The molecule has 0 spiro atoms. The van der Waals surface area contributed by atoms with Crippen molar-refractivity contribution in [1.82, 2.24) is 10.2 Å². The fourth-order valence-corrected chi connectivity index (χ4v) is 3.49. The number of carbonyl (C=O) groups is 2. The first kappa shape index (κ1) is 16.5. The van der Waals surface area contributed by atoms with Gasteiger partial charge in [0.25, 0.3) is 0 Å². The summed E-state index contributed by atoms with van der Waals surface area (Å²) in [4.78, 5) is 25.6. The lowest BCUT2D eigenvalue weighted by Gasteiger charge is -2.46. The topological polar surface area (TPSA) is 49.4 Å². The zero-order chi connectivity index (χ0) is 16.8. The summed E-state index contributed by atoms with van der Waals surface area (Å²) in [7, 11) is 0. The molecular formula is C15H20F4N2O2. The predicted octanol–water partition coefficient (Wildman–Crippen LogP) is 1.84. The van der Waals surface area contributed by atoms with Gasteiger partial charge in [0.1, 0.15) is 18.9 Å². The number of alkyl halides is 4. The minimum atomic E-state index is -3.07. The van der Waals surface area contributed by atoms with Crippen LogP contribution in [0.3, 0.4) is 0 Å². The lowest BCUT2D eigenvalue weighted by Crippen LogP contribution is -2.59. The maximum Gasteiger partial charge on any atom is 0.250 e. The number of nitrogens with one attached hydrogen (secondary N) is 1. The largest absolute Gasteiger partial charge is 0.354 e. The molecule has 0 radical (unpaired) electrons. The Kier molecular flexibility index (Phi) is 4.04. The molecule has 2 atom stereocenters. The second-order valence-corrected chi connectivity index (χ2v) is 7.12. The summed E-state index contributed by atoms with van der Waals surface area (Å²) in [5, 5.41) is 2.67. The highest BCUT2D eigenvalue weighted by atomic mass is 19.3. The third kappa shape index (κ3) is 3.17. The molecule has 0 aromatic rings. The Morgan fingerprint density at radius 1 is 1.22 bits per heavy atom. The molecule has 0 aromatic carbocycles. The molecule has 8 heteroatoms. The van der Waals surface area contributed by atoms with Gasteiger partial charge in [-0.2, -0.15) is 0 Å². The first-order chi connectivity index (χ1) is 10.8. The highest BCUT2D eigenvalue weighted by Crippen LogP contribution is 2.53. The van der Waals surface area contributed by atoms with Crippen LogP contribution in [0.5, 0.6) is 0 Å². The summed E-state index contributed by atoms with van der Waals surface area (Å²) in [5.74, 6) is -3.99. The highest BCUT2D eigenvalue weighted by Gasteiger charge is 2.63. The van der Waals surface area contributed by atoms with E-state index in [1.165, 1.54) is 0 Å². The van der Waals surface area contributed by atoms with Crippen LogP contribution in [0.1, 0.15) is 32.1 Å². The van der Waals surface area contributed by atoms with Crippen molar-refractivity contribution in [3.05, 3.63) is 0 Å². The van der Waals surface area contributed by atoms with Gasteiger partial charge in [0, 0.05) is 25.8 Å². The van der Waals surface area contributed by atoms with Gasteiger partial charge >= 0.3 is 0 Å². The van der Waals surface area contributed by atoms with E-state index >= 15 is 0 Å². The van der Waals surface area contributed by atoms with Crippen LogP contribution in [-0.2, 0) is 9.59 Å². The van der Waals surface area contributed by atoms with Gasteiger partial charge in [-0.25, -0.2) is 17.6 Å². The number of nitrogens with zero attached hydrogens (tertiary/aromatic N) is 1. The van der Waals surface area contributed by atoms with E-state index in [1.54, 1.807) is 0 Å². The van der Waals surface area contributed by atoms with Crippen molar-refractivity contribution in [2.24, 2.45) is 11.3 Å². The Balaban J connectivity index is 1.68. The zero-order valence-corrected chi connectivity index (χ0v) is 12.7. The van der Waals surface area contributed by atoms with Gasteiger partial charge in [-0.1, -0.05) is 0 Å². The van der Waals surface area contributed by atoms with E-state index < -0.39 is 54.9 Å². The molecule has 1 heterocycles. The number of likely N-dealkylation sites (tertiary alicyclic amines) is 1. The van der Waals surface area contributed by atoms with Crippen molar-refractivity contribution in [2.45, 2.75) is 50.2 Å². The average Bonchev–Trinajstić information content (AvgIpc) is 3.21. The lowest BCUT2D eigenvalue weighted by molar-refractivity contribution is -0.192. The van der Waals surface area contributed by atoms with E-state index in [-0.39, 0.29) is 13.0 Å². The van der Waals surface area contributed by atoms with Gasteiger partial charge in [0.2, 0.25) is 17.7 Å². The van der Waals surface area contributed by atoms with Crippen molar-refractivity contribution in [1.29, 1.82) is 0 Å². The van der Waals surface area contributed by atoms with Crippen LogP contribution >= 0.6 is 0 Å². The minimum absolute atomic E-state index is 0.166. The molecule has 0 aromatic heterocycles. The molecule has 1 N–H and O–H groups in total. The van der Waals surface area contributed by atoms with Gasteiger partial charge in [-0.3, -0.25) is 9.59 Å². The van der Waals surface area contributed by atoms with E-state index in [4.69, 9.17) is 0 Å². The summed E-state index contributed by atoms with van der Waals surface area (Å²) in [6, 6.07) is -1.03. The Hall–Kier alpha value is -1.34. The Morgan fingerprint density at radius 2 is 1.87 bits per heavy atom. The third-order valence-corrected chi connectivity index (χ3v) is 4.98. The number of hydrogen-bond acceptors (Lipinski definition) is 2. The molecule has 3 aliphatic rings. The molecule has 2 aliphatic carbocycles. The standard InChI is InChI=1S/C15H20F4N2O2/c16-8-14(6-15(18,19)7-14)13(23)21-5-10(17)3-11(21)12(22)20-4-9-1-2-9/h9-11H,1-8H2,(H,20,22)/t10-,11+/m1/s1. The number of amides is 2. The van der Waals surface area contributed by atoms with E-state index in [1.807, 2.05) is 0 Å². The van der Waals surface area contributed by atoms with Crippen LogP contribution < -0.4 is 5.32 Å². The molecule has 3 rings (SSSR count). The first-order valence-electron chi connectivity index (χ1n) is 7.93. The summed E-state index contributed by atoms with van der Waals surface area (Å²) in [6.45, 7) is -1.08. The summed E-state index contributed by atoms with van der Waals surface area (Å²) in [6.07, 6.45) is -1.26. The average molecular weight is 336 g/mol. The van der Waals surface area contributed by atoms with Crippen molar-refractivity contribution >= 4 is 11.8 Å². The summed E-state index contributed by atoms with van der Waals surface area (Å²) >= 11 is 0. The maximum atomic E-state index is 13.7. The van der Waals surface area contributed by atoms with Gasteiger partial charge < -0.3 is 10.2 Å².